The molecule has 1 fully saturated rings. The Morgan fingerprint density at radius 1 is 1.25 bits per heavy atom. The van der Waals surface area contributed by atoms with Crippen LogP contribution >= 0.6 is 0 Å². The van der Waals surface area contributed by atoms with Crippen LogP contribution in [0.15, 0.2) is 10.9 Å². The highest BCUT2D eigenvalue weighted by Crippen LogP contribution is 2.23. The lowest BCUT2D eigenvalue weighted by Crippen LogP contribution is -2.50. The predicted octanol–water partition coefficient (Wildman–Crippen LogP) is 0.712. The van der Waals surface area contributed by atoms with E-state index in [0.717, 1.165) is 6.07 Å². The number of rotatable bonds is 2. The largest absolute Gasteiger partial charge is 0.477 e. The van der Waals surface area contributed by atoms with Crippen molar-refractivity contribution in [2.24, 2.45) is 0 Å². The van der Waals surface area contributed by atoms with Gasteiger partial charge in [-0.3, -0.25) is 4.79 Å². The van der Waals surface area contributed by atoms with Gasteiger partial charge in [0.25, 0.3) is 5.56 Å². The number of aromatic amines is 1. The maximum absolute atomic E-state index is 12.1. The number of carbonyl (C=O) groups is 2. The number of nitrogens with zero attached hydrogens (tertiary/aromatic N) is 2. The maximum atomic E-state index is 12.1. The van der Waals surface area contributed by atoms with E-state index < -0.39 is 23.2 Å². The predicted molar refractivity (Wildman–Crippen MR) is 88.5 cm³/mol. The molecule has 0 aromatic carbocycles. The molecule has 24 heavy (non-hydrogen) atoms. The number of piperazine rings is 1. The molecule has 4 N–H and O–H groups in total. The first kappa shape index (κ1) is 17.6. The van der Waals surface area contributed by atoms with Gasteiger partial charge in [0, 0.05) is 32.2 Å². The van der Waals surface area contributed by atoms with E-state index in [4.69, 9.17) is 10.5 Å². The molecular formula is C15H22N4O5. The topological polar surface area (TPSA) is 129 Å². The third kappa shape index (κ3) is 3.98. The Kier molecular flexibility index (Phi) is 4.72. The summed E-state index contributed by atoms with van der Waals surface area (Å²) in [5.41, 5.74) is 4.39. The first-order valence-corrected chi connectivity index (χ1v) is 7.57. The smallest absolute Gasteiger partial charge is 0.410 e. The molecule has 2 rings (SSSR count). The van der Waals surface area contributed by atoms with Crippen molar-refractivity contribution in [3.05, 3.63) is 22.0 Å². The summed E-state index contributed by atoms with van der Waals surface area (Å²) in [6.45, 7) is 6.79. The van der Waals surface area contributed by atoms with Crippen LogP contribution in [0.5, 0.6) is 0 Å². The fourth-order valence-electron chi connectivity index (χ4n) is 2.47. The van der Waals surface area contributed by atoms with Crippen LogP contribution in [0, 0.1) is 0 Å². The van der Waals surface area contributed by atoms with E-state index in [1.165, 1.54) is 0 Å². The number of carboxylic acid groups (broad SMARTS) is 1. The standard InChI is InChI=1S/C15H22N4O5/c1-15(2,3)24-14(23)19-6-4-18(5-7-19)12-11(13(21)22)9(16)8-10(20)17-12/h8H,4-7H2,1-3H3,(H,21,22)(H3,16,17,20). The van der Waals surface area contributed by atoms with Crippen LogP contribution in [0.1, 0.15) is 31.1 Å². The Hall–Kier alpha value is -2.71. The molecule has 1 aliphatic rings. The highest BCUT2D eigenvalue weighted by molar-refractivity contribution is 5.99. The second-order valence-corrected chi connectivity index (χ2v) is 6.57. The third-order valence-electron chi connectivity index (χ3n) is 3.52. The van der Waals surface area contributed by atoms with Crippen LogP contribution in [-0.2, 0) is 4.74 Å². The summed E-state index contributed by atoms with van der Waals surface area (Å²) in [4.78, 5) is 40.9. The molecule has 2 heterocycles. The number of aromatic nitrogens is 1. The Morgan fingerprint density at radius 2 is 1.83 bits per heavy atom. The number of ether oxygens (including phenoxy) is 1. The van der Waals surface area contributed by atoms with Crippen molar-refractivity contribution >= 4 is 23.6 Å². The molecule has 0 unspecified atom stereocenters. The zero-order chi connectivity index (χ0) is 18.1. The monoisotopic (exact) mass is 338 g/mol. The minimum Gasteiger partial charge on any atom is -0.477 e. The number of hydrogen-bond acceptors (Lipinski definition) is 6. The van der Waals surface area contributed by atoms with E-state index >= 15 is 0 Å². The lowest BCUT2D eigenvalue weighted by atomic mass is 10.2. The Morgan fingerprint density at radius 3 is 2.33 bits per heavy atom. The van der Waals surface area contributed by atoms with Crippen LogP contribution in [0.25, 0.3) is 0 Å². The number of amides is 1. The van der Waals surface area contributed by atoms with Gasteiger partial charge in [-0.15, -0.1) is 0 Å². The number of carbonyl (C=O) groups excluding carboxylic acids is 1. The summed E-state index contributed by atoms with van der Waals surface area (Å²) < 4.78 is 5.31. The van der Waals surface area contributed by atoms with E-state index in [2.05, 4.69) is 4.98 Å². The fourth-order valence-corrected chi connectivity index (χ4v) is 2.47. The van der Waals surface area contributed by atoms with E-state index in [1.807, 2.05) is 0 Å². The molecule has 132 valence electrons. The van der Waals surface area contributed by atoms with E-state index in [1.54, 1.807) is 30.6 Å². The molecule has 1 saturated heterocycles. The molecule has 0 bridgehead atoms. The van der Waals surface area contributed by atoms with Gasteiger partial charge in [-0.05, 0) is 20.8 Å². The van der Waals surface area contributed by atoms with Crippen molar-refractivity contribution in [2.45, 2.75) is 26.4 Å². The summed E-state index contributed by atoms with van der Waals surface area (Å²) in [6, 6.07) is 1.05. The van der Waals surface area contributed by atoms with E-state index in [-0.39, 0.29) is 17.1 Å². The number of nitrogen functional groups attached to an aromatic ring is 1. The number of nitrogens with two attached hydrogens (primary N) is 1. The highest BCUT2D eigenvalue weighted by Gasteiger charge is 2.28. The van der Waals surface area contributed by atoms with Gasteiger partial charge in [-0.25, -0.2) is 9.59 Å². The average molecular weight is 338 g/mol. The number of pyridine rings is 1. The summed E-state index contributed by atoms with van der Waals surface area (Å²) in [5.74, 6) is -1.05. The van der Waals surface area contributed by atoms with E-state index in [9.17, 15) is 19.5 Å². The second-order valence-electron chi connectivity index (χ2n) is 6.57. The Bertz CT molecular complexity index is 699. The van der Waals surface area contributed by atoms with Gasteiger partial charge in [0.2, 0.25) is 0 Å². The lowest BCUT2D eigenvalue weighted by molar-refractivity contribution is 0.0239. The first-order valence-electron chi connectivity index (χ1n) is 7.57. The molecule has 1 aromatic rings. The van der Waals surface area contributed by atoms with Crippen LogP contribution in [0.4, 0.5) is 16.3 Å². The van der Waals surface area contributed by atoms with Gasteiger partial charge in [0.05, 0.1) is 5.69 Å². The molecule has 1 aliphatic heterocycles. The zero-order valence-electron chi connectivity index (χ0n) is 14.0. The maximum Gasteiger partial charge on any atom is 0.410 e. The van der Waals surface area contributed by atoms with E-state index in [0.29, 0.717) is 26.2 Å². The quantitative estimate of drug-likeness (QED) is 0.724. The molecule has 9 heteroatoms. The SMILES string of the molecule is CC(C)(C)OC(=O)N1CCN(c2[nH]c(=O)cc(N)c2C(=O)O)CC1. The number of H-pyrrole nitrogens is 1. The summed E-state index contributed by atoms with van der Waals surface area (Å²) >= 11 is 0. The minimum atomic E-state index is -1.21. The molecule has 0 radical (unpaired) electrons. The van der Waals surface area contributed by atoms with Gasteiger partial charge in [0.1, 0.15) is 17.0 Å². The van der Waals surface area contributed by atoms with Crippen molar-refractivity contribution in [3.63, 3.8) is 0 Å². The van der Waals surface area contributed by atoms with Crippen LogP contribution in [0.2, 0.25) is 0 Å². The fraction of sp³-hybridized carbons (Fsp3) is 0.533. The van der Waals surface area contributed by atoms with Crippen LogP contribution < -0.4 is 16.2 Å². The van der Waals surface area contributed by atoms with Crippen LogP contribution in [0.3, 0.4) is 0 Å². The summed E-state index contributed by atoms with van der Waals surface area (Å²) in [5, 5.41) is 9.32. The van der Waals surface area contributed by atoms with Crippen molar-refractivity contribution in [1.29, 1.82) is 0 Å². The van der Waals surface area contributed by atoms with Crippen molar-refractivity contribution in [2.75, 3.05) is 36.8 Å². The van der Waals surface area contributed by atoms with Crippen LogP contribution in [-0.4, -0.2) is 58.8 Å². The van der Waals surface area contributed by atoms with Crippen molar-refractivity contribution in [1.82, 2.24) is 9.88 Å². The first-order chi connectivity index (χ1) is 11.1. The molecule has 9 nitrogen and oxygen atoms in total. The Balaban J connectivity index is 2.14. The van der Waals surface area contributed by atoms with Crippen molar-refractivity contribution < 1.29 is 19.4 Å². The Labute approximate surface area is 139 Å². The molecule has 1 aromatic heterocycles. The molecule has 0 spiro atoms. The molecule has 0 saturated carbocycles. The van der Waals surface area contributed by atoms with Gasteiger partial charge < -0.3 is 30.4 Å². The summed E-state index contributed by atoms with van der Waals surface area (Å²) in [7, 11) is 0. The molecular weight excluding hydrogens is 316 g/mol. The summed E-state index contributed by atoms with van der Waals surface area (Å²) in [6.07, 6.45) is -0.415. The molecule has 0 aliphatic carbocycles. The number of hydrogen-bond donors (Lipinski definition) is 3. The second kappa shape index (κ2) is 6.42. The average Bonchev–Trinajstić information content (AvgIpc) is 2.44. The number of carboxylic acids is 1. The van der Waals surface area contributed by atoms with Crippen molar-refractivity contribution in [3.8, 4) is 0 Å². The van der Waals surface area contributed by atoms with Gasteiger partial charge in [-0.1, -0.05) is 0 Å². The molecule has 1 amide bonds. The number of aromatic carboxylic acids is 1. The third-order valence-corrected chi connectivity index (χ3v) is 3.52. The minimum absolute atomic E-state index is 0.0872. The number of anilines is 2. The lowest BCUT2D eigenvalue weighted by Gasteiger charge is -2.36. The molecule has 0 atom stereocenters. The van der Waals surface area contributed by atoms with Gasteiger partial charge in [-0.2, -0.15) is 0 Å². The van der Waals surface area contributed by atoms with Gasteiger partial charge in [0.15, 0.2) is 0 Å². The normalized spacial score (nSPS) is 15.3. The number of nitrogens with one attached hydrogen (secondary N) is 1. The highest BCUT2D eigenvalue weighted by atomic mass is 16.6. The van der Waals surface area contributed by atoms with Gasteiger partial charge >= 0.3 is 12.1 Å². The zero-order valence-corrected chi connectivity index (χ0v) is 14.0.